The summed E-state index contributed by atoms with van der Waals surface area (Å²) in [5, 5.41) is 14.2. The number of anilines is 1. The van der Waals surface area contributed by atoms with Crippen LogP contribution in [0.3, 0.4) is 0 Å². The first kappa shape index (κ1) is 22.4. The van der Waals surface area contributed by atoms with Gasteiger partial charge in [-0.3, -0.25) is 9.52 Å². The van der Waals surface area contributed by atoms with E-state index >= 15 is 0 Å². The van der Waals surface area contributed by atoms with Crippen molar-refractivity contribution in [2.24, 2.45) is 22.7 Å². The van der Waals surface area contributed by atoms with Gasteiger partial charge in [0.1, 0.15) is 5.75 Å². The Kier molecular flexibility index (Phi) is 4.97. The van der Waals surface area contributed by atoms with Crippen molar-refractivity contribution in [3.05, 3.63) is 23.3 Å². The van der Waals surface area contributed by atoms with Crippen molar-refractivity contribution in [2.45, 2.75) is 78.2 Å². The van der Waals surface area contributed by atoms with Gasteiger partial charge >= 0.3 is 0 Å². The zero-order valence-electron chi connectivity index (χ0n) is 19.5. The van der Waals surface area contributed by atoms with Crippen LogP contribution in [0.5, 0.6) is 5.75 Å². The number of benzene rings is 1. The Balaban J connectivity index is 1.73. The van der Waals surface area contributed by atoms with Crippen molar-refractivity contribution >= 4 is 21.6 Å². The van der Waals surface area contributed by atoms with E-state index in [1.54, 1.807) is 13.0 Å². The van der Waals surface area contributed by atoms with Crippen molar-refractivity contribution < 1.29 is 18.3 Å². The fourth-order valence-corrected chi connectivity index (χ4v) is 8.37. The highest BCUT2D eigenvalue weighted by Gasteiger charge is 2.63. The molecule has 3 aliphatic carbocycles. The van der Waals surface area contributed by atoms with Gasteiger partial charge in [-0.05, 0) is 66.4 Å². The lowest BCUT2D eigenvalue weighted by molar-refractivity contribution is -0.131. The lowest BCUT2D eigenvalue weighted by Gasteiger charge is -2.63. The maximum atomic E-state index is 11.8. The molecule has 0 spiro atoms. The minimum absolute atomic E-state index is 0.0141. The summed E-state index contributed by atoms with van der Waals surface area (Å²) in [4.78, 5) is 11.8. The maximum Gasteiger partial charge on any atom is 0.229 e. The molecule has 0 radical (unpaired) electrons. The second-order valence-corrected chi connectivity index (χ2v) is 13.0. The molecule has 0 aromatic heterocycles. The summed E-state index contributed by atoms with van der Waals surface area (Å²) in [5.74, 6) is 1.06. The Morgan fingerprint density at radius 3 is 2.39 bits per heavy atom. The number of sulfonamides is 1. The summed E-state index contributed by atoms with van der Waals surface area (Å²) >= 11 is 0. The summed E-state index contributed by atoms with van der Waals surface area (Å²) < 4.78 is 26.0. The first-order chi connectivity index (χ1) is 14.2. The van der Waals surface area contributed by atoms with Gasteiger partial charge < -0.3 is 10.4 Å². The van der Waals surface area contributed by atoms with Gasteiger partial charge in [0.2, 0.25) is 15.9 Å². The molecule has 1 amide bonds. The number of carbonyl (C=O) groups excluding carboxylic acids is 1. The van der Waals surface area contributed by atoms with Crippen LogP contribution in [0.4, 0.5) is 5.69 Å². The van der Waals surface area contributed by atoms with Gasteiger partial charge in [-0.1, -0.05) is 27.7 Å². The minimum Gasteiger partial charge on any atom is -0.508 e. The number of fused-ring (bicyclic) bond motifs is 5. The molecule has 3 N–H and O–H groups in total. The SMILES string of the molecule is CC(=O)NC1CCC2(C)C3Cc4cc(NS(C)(=O)=O)cc(O)c4C3(C)CCC2C1(C)C. The van der Waals surface area contributed by atoms with E-state index in [0.717, 1.165) is 49.5 Å². The van der Waals surface area contributed by atoms with Crippen molar-refractivity contribution in [3.63, 3.8) is 0 Å². The first-order valence-electron chi connectivity index (χ1n) is 11.3. The molecule has 0 heterocycles. The van der Waals surface area contributed by atoms with E-state index in [1.807, 2.05) is 6.07 Å². The molecule has 2 fully saturated rings. The third-order valence-electron chi connectivity index (χ3n) is 8.96. The Bertz CT molecular complexity index is 1030. The number of amides is 1. The monoisotopic (exact) mass is 448 g/mol. The van der Waals surface area contributed by atoms with Crippen LogP contribution in [0.25, 0.3) is 0 Å². The molecular formula is C24H36N2O4S. The summed E-state index contributed by atoms with van der Waals surface area (Å²) in [6, 6.07) is 3.64. The highest BCUT2D eigenvalue weighted by atomic mass is 32.2. The van der Waals surface area contributed by atoms with E-state index in [1.165, 1.54) is 0 Å². The molecule has 5 unspecified atom stereocenters. The van der Waals surface area contributed by atoms with Crippen LogP contribution in [0.1, 0.15) is 71.4 Å². The molecule has 6 nitrogen and oxygen atoms in total. The van der Waals surface area contributed by atoms with Crippen molar-refractivity contribution in [3.8, 4) is 5.75 Å². The van der Waals surface area contributed by atoms with Crippen LogP contribution in [-0.4, -0.2) is 31.7 Å². The molecule has 31 heavy (non-hydrogen) atoms. The smallest absolute Gasteiger partial charge is 0.229 e. The zero-order chi connectivity index (χ0) is 23.0. The van der Waals surface area contributed by atoms with E-state index < -0.39 is 10.0 Å². The number of carbonyl (C=O) groups is 1. The topological polar surface area (TPSA) is 95.5 Å². The molecule has 5 atom stereocenters. The van der Waals surface area contributed by atoms with Gasteiger partial charge in [-0.25, -0.2) is 8.42 Å². The Morgan fingerprint density at radius 2 is 1.77 bits per heavy atom. The minimum atomic E-state index is -3.41. The van der Waals surface area contributed by atoms with Gasteiger partial charge in [-0.2, -0.15) is 0 Å². The molecule has 0 saturated heterocycles. The van der Waals surface area contributed by atoms with E-state index in [0.29, 0.717) is 17.5 Å². The van der Waals surface area contributed by atoms with Gasteiger partial charge in [0.15, 0.2) is 0 Å². The highest BCUT2D eigenvalue weighted by Crippen LogP contribution is 2.68. The number of hydrogen-bond donors (Lipinski definition) is 3. The van der Waals surface area contributed by atoms with Gasteiger partial charge in [-0.15, -0.1) is 0 Å². The van der Waals surface area contributed by atoms with Crippen LogP contribution < -0.4 is 10.0 Å². The molecular weight excluding hydrogens is 412 g/mol. The highest BCUT2D eigenvalue weighted by molar-refractivity contribution is 7.92. The van der Waals surface area contributed by atoms with Crippen LogP contribution >= 0.6 is 0 Å². The molecule has 3 aliphatic rings. The lowest BCUT2D eigenvalue weighted by atomic mass is 9.42. The van der Waals surface area contributed by atoms with E-state index in [2.05, 4.69) is 37.7 Å². The molecule has 4 rings (SSSR count). The van der Waals surface area contributed by atoms with E-state index in [-0.39, 0.29) is 33.9 Å². The van der Waals surface area contributed by atoms with E-state index in [9.17, 15) is 18.3 Å². The average Bonchev–Trinajstić information content (AvgIpc) is 2.90. The number of phenolic OH excluding ortho intramolecular Hbond substituents is 1. The number of aromatic hydroxyl groups is 1. The first-order valence-corrected chi connectivity index (χ1v) is 13.2. The number of hydrogen-bond acceptors (Lipinski definition) is 4. The predicted molar refractivity (Wildman–Crippen MR) is 123 cm³/mol. The zero-order valence-corrected chi connectivity index (χ0v) is 20.3. The van der Waals surface area contributed by atoms with E-state index in [4.69, 9.17) is 0 Å². The molecule has 1 aromatic carbocycles. The van der Waals surface area contributed by atoms with Gasteiger partial charge in [0.05, 0.1) is 11.9 Å². The third-order valence-corrected chi connectivity index (χ3v) is 9.56. The second kappa shape index (κ2) is 6.87. The van der Waals surface area contributed by atoms with Crippen molar-refractivity contribution in [2.75, 3.05) is 11.0 Å². The fourth-order valence-electron chi connectivity index (χ4n) is 7.82. The van der Waals surface area contributed by atoms with Crippen LogP contribution in [-0.2, 0) is 26.7 Å². The summed E-state index contributed by atoms with van der Waals surface area (Å²) in [5.41, 5.74) is 2.42. The predicted octanol–water partition coefficient (Wildman–Crippen LogP) is 3.93. The van der Waals surface area contributed by atoms with Crippen molar-refractivity contribution in [1.29, 1.82) is 0 Å². The fraction of sp³-hybridized carbons (Fsp3) is 0.708. The molecule has 0 bridgehead atoms. The Morgan fingerprint density at radius 1 is 1.10 bits per heavy atom. The number of rotatable bonds is 3. The largest absolute Gasteiger partial charge is 0.508 e. The standard InChI is InChI=1S/C24H36N2O4S/c1-14(27)25-20-8-10-23(4)18(22(20,2)3)7-9-24(5)19(23)12-15-11-16(26-31(6,29)30)13-17(28)21(15)24/h11,13,18-20,26,28H,7-10,12H2,1-6H3,(H,25,27). The van der Waals surface area contributed by atoms with Crippen LogP contribution in [0.15, 0.2) is 12.1 Å². The molecule has 172 valence electrons. The second-order valence-electron chi connectivity index (χ2n) is 11.3. The molecule has 2 saturated carbocycles. The normalized spacial score (nSPS) is 36.1. The Labute approximate surface area is 186 Å². The third kappa shape index (κ3) is 3.43. The van der Waals surface area contributed by atoms with Crippen molar-refractivity contribution in [1.82, 2.24) is 5.32 Å². The Hall–Kier alpha value is -1.76. The number of phenols is 1. The summed E-state index contributed by atoms with van der Waals surface area (Å²) in [7, 11) is -3.41. The maximum absolute atomic E-state index is 11.8. The lowest BCUT2D eigenvalue weighted by Crippen LogP contribution is -2.61. The average molecular weight is 449 g/mol. The van der Waals surface area contributed by atoms with Gasteiger partial charge in [0.25, 0.3) is 0 Å². The van der Waals surface area contributed by atoms with Crippen LogP contribution in [0, 0.1) is 22.7 Å². The summed E-state index contributed by atoms with van der Waals surface area (Å²) in [6.07, 6.45) is 5.99. The summed E-state index contributed by atoms with van der Waals surface area (Å²) in [6.45, 7) is 10.9. The quantitative estimate of drug-likeness (QED) is 0.653. The van der Waals surface area contributed by atoms with Gasteiger partial charge in [0, 0.05) is 30.0 Å². The number of nitrogens with one attached hydrogen (secondary N) is 2. The molecule has 1 aromatic rings. The molecule has 0 aliphatic heterocycles. The molecule has 7 heteroatoms. The van der Waals surface area contributed by atoms with Crippen LogP contribution in [0.2, 0.25) is 0 Å².